The van der Waals surface area contributed by atoms with E-state index < -0.39 is 0 Å². The molecule has 0 fully saturated rings. The molecule has 2 heterocycles. The number of aromatic nitrogens is 1. The Labute approximate surface area is 212 Å². The Morgan fingerprint density at radius 1 is 0.971 bits per heavy atom. The normalized spacial score (nSPS) is 15.3. The van der Waals surface area contributed by atoms with E-state index in [0.717, 1.165) is 33.4 Å². The van der Waals surface area contributed by atoms with Gasteiger partial charge < -0.3 is 0 Å². The second-order valence-electron chi connectivity index (χ2n) is 8.06. The maximum atomic E-state index is 12.1. The first kappa shape index (κ1) is 22.7. The quantitative estimate of drug-likeness (QED) is 0.250. The van der Waals surface area contributed by atoms with E-state index in [1.54, 1.807) is 24.5 Å². The van der Waals surface area contributed by atoms with Gasteiger partial charge in [0.2, 0.25) is 0 Å². The fourth-order valence-corrected chi connectivity index (χ4v) is 4.20. The molecule has 3 aromatic carbocycles. The Kier molecular flexibility index (Phi) is 6.77. The minimum atomic E-state index is -0.303. The van der Waals surface area contributed by atoms with Crippen LogP contribution < -0.4 is 10.4 Å². The first-order valence-corrected chi connectivity index (χ1v) is 12.0. The van der Waals surface area contributed by atoms with Crippen LogP contribution in [0.5, 0.6) is 0 Å². The van der Waals surface area contributed by atoms with Crippen molar-refractivity contribution in [1.82, 2.24) is 10.4 Å². The summed E-state index contributed by atoms with van der Waals surface area (Å²) in [5, 5.41) is 11.1. The van der Waals surface area contributed by atoms with E-state index in [9.17, 15) is 4.79 Å². The molecular formula is C28H22BrN5O. The van der Waals surface area contributed by atoms with Gasteiger partial charge in [0.15, 0.2) is 0 Å². The summed E-state index contributed by atoms with van der Waals surface area (Å²) in [5.41, 5.74) is 8.23. The molecule has 1 aliphatic rings. The largest absolute Gasteiger partial charge is 0.272 e. The van der Waals surface area contributed by atoms with Crippen molar-refractivity contribution in [3.63, 3.8) is 0 Å². The molecule has 0 radical (unpaired) electrons. The monoisotopic (exact) mass is 523 g/mol. The predicted octanol–water partition coefficient (Wildman–Crippen LogP) is 5.96. The van der Waals surface area contributed by atoms with Gasteiger partial charge in [0, 0.05) is 23.3 Å². The number of carbonyl (C=O) groups is 1. The third-order valence-corrected chi connectivity index (χ3v) is 6.26. The van der Waals surface area contributed by atoms with Crippen LogP contribution in [-0.2, 0) is 0 Å². The average Bonchev–Trinajstić information content (AvgIpc) is 3.36. The lowest BCUT2D eigenvalue weighted by atomic mass is 9.98. The second kappa shape index (κ2) is 10.4. The van der Waals surface area contributed by atoms with Gasteiger partial charge in [-0.15, -0.1) is 0 Å². The molecule has 5 rings (SSSR count). The number of rotatable bonds is 6. The molecule has 1 aromatic heterocycles. The van der Waals surface area contributed by atoms with Crippen molar-refractivity contribution in [3.05, 3.63) is 130 Å². The van der Waals surface area contributed by atoms with Crippen molar-refractivity contribution >= 4 is 39.5 Å². The topological polar surface area (TPSA) is 70.0 Å². The van der Waals surface area contributed by atoms with Crippen LogP contribution in [-0.4, -0.2) is 22.8 Å². The highest BCUT2D eigenvalue weighted by Crippen LogP contribution is 2.37. The highest BCUT2D eigenvalue weighted by molar-refractivity contribution is 9.10. The molecule has 0 bridgehead atoms. The number of nitrogens with one attached hydrogen (secondary N) is 1. The smallest absolute Gasteiger partial charge is 0.267 e. The summed E-state index contributed by atoms with van der Waals surface area (Å²) in [7, 11) is 0. The average molecular weight is 524 g/mol. The van der Waals surface area contributed by atoms with Gasteiger partial charge in [-0.05, 0) is 53.1 Å². The summed E-state index contributed by atoms with van der Waals surface area (Å²) in [6.45, 7) is 0. The molecule has 0 aliphatic carbocycles. The van der Waals surface area contributed by atoms with E-state index in [1.807, 2.05) is 42.5 Å². The molecular weight excluding hydrogens is 502 g/mol. The Hall–Kier alpha value is -4.10. The fourth-order valence-electron chi connectivity index (χ4n) is 3.94. The highest BCUT2D eigenvalue weighted by atomic mass is 79.9. The predicted molar refractivity (Wildman–Crippen MR) is 143 cm³/mol. The molecule has 7 heteroatoms. The summed E-state index contributed by atoms with van der Waals surface area (Å²) in [4.78, 5) is 16.1. The van der Waals surface area contributed by atoms with E-state index in [4.69, 9.17) is 5.10 Å². The molecule has 1 N–H and O–H groups in total. The zero-order valence-corrected chi connectivity index (χ0v) is 20.3. The van der Waals surface area contributed by atoms with Crippen LogP contribution in [0.1, 0.15) is 39.5 Å². The number of nitrogens with zero attached hydrogens (tertiary/aromatic N) is 4. The van der Waals surface area contributed by atoms with Gasteiger partial charge >= 0.3 is 0 Å². The lowest BCUT2D eigenvalue weighted by Crippen LogP contribution is -2.18. The van der Waals surface area contributed by atoms with Crippen LogP contribution in [0, 0.1) is 0 Å². The molecule has 0 saturated carbocycles. The number of benzene rings is 3. The summed E-state index contributed by atoms with van der Waals surface area (Å²) in [5.74, 6) is -0.303. The molecule has 35 heavy (non-hydrogen) atoms. The van der Waals surface area contributed by atoms with Crippen molar-refractivity contribution in [1.29, 1.82) is 0 Å². The SMILES string of the molecule is O=C(NN=Cc1ccc(N2N=C(c3ccccc3)CC2c2ccc(Br)cc2)cc1)c1cccnc1. The minimum absolute atomic E-state index is 0.0941. The number of pyridine rings is 1. The molecule has 1 atom stereocenters. The van der Waals surface area contributed by atoms with E-state index in [-0.39, 0.29) is 11.9 Å². The van der Waals surface area contributed by atoms with Crippen molar-refractivity contribution < 1.29 is 4.79 Å². The van der Waals surface area contributed by atoms with Crippen LogP contribution in [0.2, 0.25) is 0 Å². The van der Waals surface area contributed by atoms with E-state index >= 15 is 0 Å². The van der Waals surface area contributed by atoms with Gasteiger partial charge in [-0.1, -0.05) is 70.5 Å². The second-order valence-corrected chi connectivity index (χ2v) is 8.98. The van der Waals surface area contributed by atoms with Gasteiger partial charge in [0.25, 0.3) is 5.91 Å². The molecule has 172 valence electrons. The Morgan fingerprint density at radius 3 is 2.46 bits per heavy atom. The summed E-state index contributed by atoms with van der Waals surface area (Å²) < 4.78 is 1.05. The van der Waals surface area contributed by atoms with Crippen LogP contribution in [0.4, 0.5) is 5.69 Å². The number of amides is 1. The maximum absolute atomic E-state index is 12.1. The third kappa shape index (κ3) is 5.36. The van der Waals surface area contributed by atoms with Crippen LogP contribution in [0.3, 0.4) is 0 Å². The fraction of sp³-hybridized carbons (Fsp3) is 0.0714. The van der Waals surface area contributed by atoms with Gasteiger partial charge in [-0.3, -0.25) is 14.8 Å². The van der Waals surface area contributed by atoms with E-state index in [0.29, 0.717) is 5.56 Å². The lowest BCUT2D eigenvalue weighted by Gasteiger charge is -2.24. The molecule has 1 aliphatic heterocycles. The number of hydrogen-bond acceptors (Lipinski definition) is 5. The zero-order chi connectivity index (χ0) is 24.0. The standard InChI is InChI=1S/C28H22BrN5O/c29-24-12-10-22(11-13-24)27-17-26(21-5-2-1-3-6-21)33-34(27)25-14-8-20(9-15-25)18-31-32-28(35)23-7-4-16-30-19-23/h1-16,18-19,27H,17H2,(H,32,35). The summed E-state index contributed by atoms with van der Waals surface area (Å²) >= 11 is 3.53. The highest BCUT2D eigenvalue weighted by Gasteiger charge is 2.29. The molecule has 6 nitrogen and oxygen atoms in total. The molecule has 1 amide bonds. The first-order chi connectivity index (χ1) is 17.2. The van der Waals surface area contributed by atoms with E-state index in [2.05, 4.69) is 72.8 Å². The van der Waals surface area contributed by atoms with Gasteiger partial charge in [0.05, 0.1) is 29.2 Å². The Balaban J connectivity index is 1.35. The van der Waals surface area contributed by atoms with Gasteiger partial charge in [-0.2, -0.15) is 10.2 Å². The summed E-state index contributed by atoms with van der Waals surface area (Å²) in [6, 6.07) is 30.1. The van der Waals surface area contributed by atoms with Crippen molar-refractivity contribution in [3.8, 4) is 0 Å². The van der Waals surface area contributed by atoms with Crippen molar-refractivity contribution in [2.45, 2.75) is 12.5 Å². The first-order valence-electron chi connectivity index (χ1n) is 11.2. The number of halogens is 1. The molecule has 1 unspecified atom stereocenters. The van der Waals surface area contributed by atoms with Gasteiger partial charge in [0.1, 0.15) is 0 Å². The van der Waals surface area contributed by atoms with Gasteiger partial charge in [-0.25, -0.2) is 5.43 Å². The van der Waals surface area contributed by atoms with Crippen LogP contribution in [0.25, 0.3) is 0 Å². The molecule has 0 spiro atoms. The lowest BCUT2D eigenvalue weighted by molar-refractivity contribution is 0.0955. The molecule has 4 aromatic rings. The van der Waals surface area contributed by atoms with Crippen molar-refractivity contribution in [2.24, 2.45) is 10.2 Å². The van der Waals surface area contributed by atoms with Crippen LogP contribution in [0.15, 0.2) is 118 Å². The Morgan fingerprint density at radius 2 is 1.74 bits per heavy atom. The minimum Gasteiger partial charge on any atom is -0.267 e. The number of hydrazone groups is 2. The zero-order valence-electron chi connectivity index (χ0n) is 18.8. The molecule has 0 saturated heterocycles. The van der Waals surface area contributed by atoms with Crippen LogP contribution >= 0.6 is 15.9 Å². The number of anilines is 1. The summed E-state index contributed by atoms with van der Waals surface area (Å²) in [6.07, 6.45) is 5.56. The number of hydrogen-bond donors (Lipinski definition) is 1. The van der Waals surface area contributed by atoms with Crippen molar-refractivity contribution in [2.75, 3.05) is 5.01 Å². The third-order valence-electron chi connectivity index (χ3n) is 5.73. The Bertz CT molecular complexity index is 1350. The number of carbonyl (C=O) groups excluding carboxylic acids is 1. The van der Waals surface area contributed by atoms with E-state index in [1.165, 1.54) is 11.8 Å². The maximum Gasteiger partial charge on any atom is 0.272 e.